The number of benzene rings is 3. The summed E-state index contributed by atoms with van der Waals surface area (Å²) in [6.07, 6.45) is 0. The number of hydrogen-bond donors (Lipinski definition) is 1. The number of nitrogens with one attached hydrogen (secondary N) is 1. The fourth-order valence-electron chi connectivity index (χ4n) is 3.25. The van der Waals surface area contributed by atoms with E-state index < -0.39 is 15.1 Å². The van der Waals surface area contributed by atoms with E-state index in [4.69, 9.17) is 0 Å². The van der Waals surface area contributed by atoms with E-state index in [0.717, 1.165) is 11.1 Å². The van der Waals surface area contributed by atoms with E-state index in [2.05, 4.69) is 15.3 Å². The van der Waals surface area contributed by atoms with Crippen LogP contribution in [-0.4, -0.2) is 18.4 Å². The topological polar surface area (TPSA) is 95.7 Å². The molecule has 1 N–H and O–H groups in total. The number of fused-ring (bicyclic) bond motifs is 1. The van der Waals surface area contributed by atoms with Gasteiger partial charge < -0.3 is 5.32 Å². The number of rotatable bonds is 6. The number of nitrogens with zero attached hydrogens (tertiary/aromatic N) is 3. The van der Waals surface area contributed by atoms with Crippen LogP contribution in [0, 0.1) is 18.3 Å². The first kappa shape index (κ1) is 20.5. The molecule has 0 saturated carbocycles. The summed E-state index contributed by atoms with van der Waals surface area (Å²) in [5.41, 5.74) is 3.17. The van der Waals surface area contributed by atoms with E-state index in [1.54, 1.807) is 30.3 Å². The summed E-state index contributed by atoms with van der Waals surface area (Å²) in [4.78, 5) is 9.21. The van der Waals surface area contributed by atoms with Crippen molar-refractivity contribution in [2.45, 2.75) is 23.6 Å². The standard InChI is InChI=1S/C24H20N4O2S/c1-17-11-13-19(14-12-17)31(29,30)22(15-25)23-24(26-16-18-7-3-2-4-8-18)28-21-10-6-5-9-20(21)27-23/h2-14,22H,16H2,1H3,(H,26,28). The zero-order chi connectivity index (χ0) is 21.8. The number of aryl methyl sites for hydroxylation is 1. The number of hydrogen-bond acceptors (Lipinski definition) is 6. The van der Waals surface area contributed by atoms with Gasteiger partial charge in [-0.25, -0.2) is 18.4 Å². The molecule has 1 heterocycles. The van der Waals surface area contributed by atoms with E-state index >= 15 is 0 Å². The maximum Gasteiger partial charge on any atom is 0.200 e. The van der Waals surface area contributed by atoms with Gasteiger partial charge in [0, 0.05) is 6.54 Å². The molecule has 0 aliphatic rings. The summed E-state index contributed by atoms with van der Waals surface area (Å²) in [6.45, 7) is 2.29. The van der Waals surface area contributed by atoms with Crippen molar-refractivity contribution in [3.8, 4) is 6.07 Å². The fourth-order valence-corrected chi connectivity index (χ4v) is 4.63. The maximum atomic E-state index is 13.3. The minimum absolute atomic E-state index is 0.0774. The summed E-state index contributed by atoms with van der Waals surface area (Å²) in [5, 5.41) is 11.6. The molecule has 154 valence electrons. The van der Waals surface area contributed by atoms with Crippen LogP contribution >= 0.6 is 0 Å². The predicted octanol–water partition coefficient (Wildman–Crippen LogP) is 4.59. The Kier molecular flexibility index (Phi) is 5.65. The highest BCUT2D eigenvalue weighted by atomic mass is 32.2. The molecule has 0 radical (unpaired) electrons. The fraction of sp³-hybridized carbons (Fsp3) is 0.125. The van der Waals surface area contributed by atoms with Crippen molar-refractivity contribution in [3.05, 3.63) is 95.7 Å². The third-order valence-electron chi connectivity index (χ3n) is 4.93. The molecule has 1 unspecified atom stereocenters. The van der Waals surface area contributed by atoms with Gasteiger partial charge in [-0.1, -0.05) is 60.2 Å². The quantitative estimate of drug-likeness (QED) is 0.483. The van der Waals surface area contributed by atoms with E-state index in [1.165, 1.54) is 12.1 Å². The first-order valence-electron chi connectivity index (χ1n) is 9.74. The van der Waals surface area contributed by atoms with Crippen molar-refractivity contribution in [1.82, 2.24) is 9.97 Å². The lowest BCUT2D eigenvalue weighted by Crippen LogP contribution is -2.17. The molecule has 1 atom stereocenters. The van der Waals surface area contributed by atoms with Crippen LogP contribution in [0.4, 0.5) is 5.82 Å². The molecule has 0 saturated heterocycles. The van der Waals surface area contributed by atoms with Gasteiger partial charge in [0.05, 0.1) is 22.0 Å². The van der Waals surface area contributed by atoms with Gasteiger partial charge in [0.1, 0.15) is 5.69 Å². The Balaban J connectivity index is 1.81. The minimum Gasteiger partial charge on any atom is -0.364 e. The van der Waals surface area contributed by atoms with E-state index in [0.29, 0.717) is 17.6 Å². The lowest BCUT2D eigenvalue weighted by atomic mass is 10.2. The normalized spacial score (nSPS) is 12.3. The molecule has 6 nitrogen and oxygen atoms in total. The lowest BCUT2D eigenvalue weighted by Gasteiger charge is -2.16. The second kappa shape index (κ2) is 8.54. The second-order valence-electron chi connectivity index (χ2n) is 7.15. The molecule has 0 bridgehead atoms. The highest BCUT2D eigenvalue weighted by Gasteiger charge is 2.33. The predicted molar refractivity (Wildman–Crippen MR) is 120 cm³/mol. The first-order chi connectivity index (χ1) is 15.0. The van der Waals surface area contributed by atoms with Crippen molar-refractivity contribution in [3.63, 3.8) is 0 Å². The Morgan fingerprint density at radius 2 is 1.52 bits per heavy atom. The monoisotopic (exact) mass is 428 g/mol. The van der Waals surface area contributed by atoms with Crippen LogP contribution in [0.1, 0.15) is 22.1 Å². The van der Waals surface area contributed by atoms with E-state index in [-0.39, 0.29) is 16.4 Å². The van der Waals surface area contributed by atoms with Crippen LogP contribution in [0.2, 0.25) is 0 Å². The van der Waals surface area contributed by atoms with Crippen molar-refractivity contribution in [2.24, 2.45) is 0 Å². The maximum absolute atomic E-state index is 13.3. The van der Waals surface area contributed by atoms with Crippen LogP contribution in [0.15, 0.2) is 83.8 Å². The average Bonchev–Trinajstić information content (AvgIpc) is 2.79. The third-order valence-corrected chi connectivity index (χ3v) is 6.80. The van der Waals surface area contributed by atoms with Gasteiger partial charge in [-0.2, -0.15) is 5.26 Å². The molecule has 0 fully saturated rings. The molecule has 1 aromatic heterocycles. The molecule has 31 heavy (non-hydrogen) atoms. The van der Waals surface area contributed by atoms with E-state index in [9.17, 15) is 13.7 Å². The zero-order valence-corrected chi connectivity index (χ0v) is 17.7. The van der Waals surface area contributed by atoms with Gasteiger partial charge in [0.2, 0.25) is 9.84 Å². The summed E-state index contributed by atoms with van der Waals surface area (Å²) < 4.78 is 26.6. The summed E-state index contributed by atoms with van der Waals surface area (Å²) in [6, 6.07) is 25.2. The third kappa shape index (κ3) is 4.25. The molecule has 3 aromatic carbocycles. The number of aromatic nitrogens is 2. The minimum atomic E-state index is -4.00. The molecular formula is C24H20N4O2S. The average molecular weight is 429 g/mol. The Morgan fingerprint density at radius 1 is 0.903 bits per heavy atom. The summed E-state index contributed by atoms with van der Waals surface area (Å²) in [7, 11) is -4.00. The summed E-state index contributed by atoms with van der Waals surface area (Å²) in [5.74, 6) is 0.282. The molecule has 0 spiro atoms. The van der Waals surface area contributed by atoms with Crippen LogP contribution in [0.25, 0.3) is 11.0 Å². The number of sulfone groups is 1. The van der Waals surface area contributed by atoms with Crippen LogP contribution in [0.5, 0.6) is 0 Å². The van der Waals surface area contributed by atoms with Gasteiger partial charge in [0.25, 0.3) is 0 Å². The van der Waals surface area contributed by atoms with Crippen molar-refractivity contribution < 1.29 is 8.42 Å². The summed E-state index contributed by atoms with van der Waals surface area (Å²) >= 11 is 0. The molecular weight excluding hydrogens is 408 g/mol. The SMILES string of the molecule is Cc1ccc(S(=O)(=O)C(C#N)c2nc3ccccc3nc2NCc2ccccc2)cc1. The van der Waals surface area contributed by atoms with Crippen molar-refractivity contribution in [2.75, 3.05) is 5.32 Å². The Morgan fingerprint density at radius 3 is 2.16 bits per heavy atom. The first-order valence-corrected chi connectivity index (χ1v) is 11.3. The molecule has 0 amide bonds. The number of nitriles is 1. The van der Waals surface area contributed by atoms with Crippen LogP contribution in [-0.2, 0) is 16.4 Å². The largest absolute Gasteiger partial charge is 0.364 e. The van der Waals surface area contributed by atoms with Crippen molar-refractivity contribution in [1.29, 1.82) is 5.26 Å². The van der Waals surface area contributed by atoms with E-state index in [1.807, 2.05) is 49.4 Å². The van der Waals surface area contributed by atoms with Gasteiger partial charge in [-0.3, -0.25) is 0 Å². The van der Waals surface area contributed by atoms with Gasteiger partial charge in [-0.15, -0.1) is 0 Å². The molecule has 4 rings (SSSR count). The highest BCUT2D eigenvalue weighted by Crippen LogP contribution is 2.32. The number of anilines is 1. The number of para-hydroxylation sites is 2. The Hall–Kier alpha value is -3.76. The second-order valence-corrected chi connectivity index (χ2v) is 9.19. The zero-order valence-electron chi connectivity index (χ0n) is 16.9. The van der Waals surface area contributed by atoms with Crippen molar-refractivity contribution >= 4 is 26.7 Å². The van der Waals surface area contributed by atoms with Gasteiger partial charge >= 0.3 is 0 Å². The Bertz CT molecular complexity index is 1360. The van der Waals surface area contributed by atoms with Crippen LogP contribution < -0.4 is 5.32 Å². The van der Waals surface area contributed by atoms with Crippen LogP contribution in [0.3, 0.4) is 0 Å². The molecule has 0 aliphatic heterocycles. The molecule has 0 aliphatic carbocycles. The Labute approximate surface area is 181 Å². The lowest BCUT2D eigenvalue weighted by molar-refractivity contribution is 0.590. The highest BCUT2D eigenvalue weighted by molar-refractivity contribution is 7.92. The van der Waals surface area contributed by atoms with Gasteiger partial charge in [0.15, 0.2) is 11.1 Å². The smallest absolute Gasteiger partial charge is 0.200 e. The van der Waals surface area contributed by atoms with Gasteiger partial charge in [-0.05, 0) is 36.8 Å². The molecule has 7 heteroatoms. The molecule has 4 aromatic rings.